The molecule has 0 radical (unpaired) electrons. The molecule has 0 aromatic heterocycles. The molecule has 7 atom stereocenters. The molecule has 4 fully saturated rings. The second kappa shape index (κ2) is 10.1. The van der Waals surface area contributed by atoms with E-state index >= 15 is 0 Å². The van der Waals surface area contributed by atoms with Gasteiger partial charge in [0.05, 0.1) is 0 Å². The van der Waals surface area contributed by atoms with Crippen LogP contribution in [0.1, 0.15) is 51.4 Å². The average molecular weight is 559 g/mol. The van der Waals surface area contributed by atoms with Gasteiger partial charge >= 0.3 is 118 Å². The predicted molar refractivity (Wildman–Crippen MR) is 138 cm³/mol. The summed E-state index contributed by atoms with van der Waals surface area (Å²) in [4.78, 5) is 2.10. The third-order valence-corrected chi connectivity index (χ3v) is 12.1. The molecule has 4 saturated carbocycles. The van der Waals surface area contributed by atoms with E-state index in [0.717, 1.165) is 14.6 Å². The Hall–Kier alpha value is -0.378. The van der Waals surface area contributed by atoms with Crippen molar-refractivity contribution in [2.45, 2.75) is 62.7 Å². The van der Waals surface area contributed by atoms with Crippen LogP contribution in [0.4, 0.5) is 5.69 Å². The number of halogens is 1. The van der Waals surface area contributed by atoms with Crippen molar-refractivity contribution in [1.82, 2.24) is 0 Å². The third kappa shape index (κ3) is 4.87. The van der Waals surface area contributed by atoms with Crippen molar-refractivity contribution in [3.63, 3.8) is 0 Å². The van der Waals surface area contributed by atoms with E-state index in [9.17, 15) is 0 Å². The van der Waals surface area contributed by atoms with E-state index in [4.69, 9.17) is 11.6 Å². The molecular formula is C28H36ClNPPd. The molecule has 5 unspecified atom stereocenters. The fraction of sp³-hybridized carbons (Fsp3) is 0.571. The number of rotatable bonds is 4. The molecule has 4 aliphatic carbocycles. The van der Waals surface area contributed by atoms with Crippen molar-refractivity contribution in [2.75, 3.05) is 19.0 Å². The second-order valence-electron chi connectivity index (χ2n) is 10.7. The summed E-state index contributed by atoms with van der Waals surface area (Å²) in [7, 11) is 5.46. The van der Waals surface area contributed by atoms with E-state index < -0.39 is 0 Å². The van der Waals surface area contributed by atoms with Crippen LogP contribution in [0.5, 0.6) is 0 Å². The second-order valence-corrected chi connectivity index (χ2v) is 13.7. The first-order chi connectivity index (χ1) is 15.5. The Morgan fingerprint density at radius 2 is 1.38 bits per heavy atom. The quantitative estimate of drug-likeness (QED) is 0.281. The van der Waals surface area contributed by atoms with Crippen LogP contribution in [0.25, 0.3) is 11.1 Å². The van der Waals surface area contributed by atoms with Crippen LogP contribution >= 0.6 is 20.2 Å². The van der Waals surface area contributed by atoms with Gasteiger partial charge in [-0.2, -0.15) is 0 Å². The van der Waals surface area contributed by atoms with Crippen LogP contribution in [0, 0.1) is 23.7 Å². The molecule has 2 aromatic rings. The molecular weight excluding hydrogens is 523 g/mol. The summed E-state index contributed by atoms with van der Waals surface area (Å²) in [6, 6.07) is 14.2. The maximum atomic E-state index is 6.14. The van der Waals surface area contributed by atoms with Gasteiger partial charge in [0.25, 0.3) is 0 Å². The number of nitrogens with zero attached hydrogens (tertiary/aromatic N) is 1. The first-order valence-electron chi connectivity index (χ1n) is 12.4. The summed E-state index contributed by atoms with van der Waals surface area (Å²) in [6.45, 7) is 0. The molecule has 175 valence electrons. The van der Waals surface area contributed by atoms with Crippen LogP contribution in [0.15, 0.2) is 42.5 Å². The van der Waals surface area contributed by atoms with Crippen molar-refractivity contribution >= 4 is 29.9 Å². The normalized spacial score (nSPS) is 32.5. The Morgan fingerprint density at radius 1 is 0.781 bits per heavy atom. The molecule has 2 aromatic carbocycles. The SMILES string of the molecule is C1CC2CC1CC2PC1C[C@@H]2CC[C@H]1C2.CN(C)c1ccccc1-c1cccc(Cl)[c]1[Pd]. The molecule has 4 aliphatic rings. The van der Waals surface area contributed by atoms with E-state index in [1.807, 2.05) is 38.4 Å². The van der Waals surface area contributed by atoms with Gasteiger partial charge < -0.3 is 0 Å². The van der Waals surface area contributed by atoms with Crippen LogP contribution in [-0.2, 0) is 19.2 Å². The van der Waals surface area contributed by atoms with Crippen molar-refractivity contribution < 1.29 is 19.2 Å². The van der Waals surface area contributed by atoms with Crippen molar-refractivity contribution in [1.29, 1.82) is 0 Å². The zero-order chi connectivity index (χ0) is 22.2. The molecule has 6 rings (SSSR count). The molecule has 0 saturated heterocycles. The number of anilines is 1. The van der Waals surface area contributed by atoms with Crippen molar-refractivity contribution in [3.8, 4) is 11.1 Å². The molecule has 0 heterocycles. The molecule has 4 heteroatoms. The van der Waals surface area contributed by atoms with Gasteiger partial charge in [-0.05, 0) is 73.5 Å². The van der Waals surface area contributed by atoms with E-state index in [2.05, 4.69) is 42.3 Å². The number of benzene rings is 2. The van der Waals surface area contributed by atoms with Crippen LogP contribution in [-0.4, -0.2) is 25.4 Å². The molecule has 32 heavy (non-hydrogen) atoms. The third-order valence-electron chi connectivity index (χ3n) is 8.50. The van der Waals surface area contributed by atoms with Crippen LogP contribution in [0.3, 0.4) is 0 Å². The van der Waals surface area contributed by atoms with E-state index in [1.54, 1.807) is 51.4 Å². The topological polar surface area (TPSA) is 3.24 Å². The number of fused-ring (bicyclic) bond motifs is 4. The molecule has 0 spiro atoms. The standard InChI is InChI=1S/C14H13ClN.C14H23P.Pd/c1-16(2)14-9-4-3-8-13(14)11-6-5-7-12(15)10-11;1-3-11-5-9(1)7-13(11)15-14-8-10-2-4-12(14)6-10;/h3-9H,1-2H3;9-15H,1-8H2;/t;9-,10?,11+,12?,13?,14?;/m.1./s1. The van der Waals surface area contributed by atoms with E-state index in [0.29, 0.717) is 0 Å². The van der Waals surface area contributed by atoms with Gasteiger partial charge in [0.2, 0.25) is 0 Å². The summed E-state index contributed by atoms with van der Waals surface area (Å²) in [5.74, 6) is 4.72. The fourth-order valence-electron chi connectivity index (χ4n) is 6.96. The van der Waals surface area contributed by atoms with Gasteiger partial charge in [-0.25, -0.2) is 0 Å². The number of hydrogen-bond donors (Lipinski definition) is 0. The fourth-order valence-corrected chi connectivity index (χ4v) is 10.2. The summed E-state index contributed by atoms with van der Waals surface area (Å²) in [5.41, 5.74) is 5.90. The molecule has 4 bridgehead atoms. The van der Waals surface area contributed by atoms with Crippen molar-refractivity contribution in [3.05, 3.63) is 47.5 Å². The Morgan fingerprint density at radius 3 is 1.91 bits per heavy atom. The first kappa shape index (κ1) is 23.4. The van der Waals surface area contributed by atoms with E-state index in [-0.39, 0.29) is 0 Å². The summed E-state index contributed by atoms with van der Waals surface area (Å²) >= 11 is 9.40. The van der Waals surface area contributed by atoms with E-state index in [1.165, 1.54) is 54.8 Å². The number of hydrogen-bond acceptors (Lipinski definition) is 1. The Kier molecular flexibility index (Phi) is 7.36. The van der Waals surface area contributed by atoms with Crippen LogP contribution in [0.2, 0.25) is 5.02 Å². The zero-order valence-electron chi connectivity index (χ0n) is 19.3. The zero-order valence-corrected chi connectivity index (χ0v) is 22.6. The molecule has 1 nitrogen and oxygen atoms in total. The minimum absolute atomic E-state index is 0.749. The Labute approximate surface area is 212 Å². The number of para-hydroxylation sites is 1. The van der Waals surface area contributed by atoms with Gasteiger partial charge in [0, 0.05) is 0 Å². The average Bonchev–Trinajstić information content (AvgIpc) is 3.58. The monoisotopic (exact) mass is 558 g/mol. The maximum absolute atomic E-state index is 6.14. The minimum atomic E-state index is 0.749. The molecule has 0 amide bonds. The summed E-state index contributed by atoms with van der Waals surface area (Å²) < 4.78 is 0.978. The Bertz CT molecular complexity index is 921. The van der Waals surface area contributed by atoms with Gasteiger partial charge in [-0.15, -0.1) is 8.58 Å². The van der Waals surface area contributed by atoms with Crippen LogP contribution < -0.4 is 8.94 Å². The molecule has 0 aliphatic heterocycles. The summed E-state index contributed by atoms with van der Waals surface area (Å²) in [5, 5.41) is 0.749. The molecule has 0 N–H and O–H groups in total. The summed E-state index contributed by atoms with van der Waals surface area (Å²) in [6.07, 6.45) is 12.9. The van der Waals surface area contributed by atoms with Gasteiger partial charge in [-0.3, -0.25) is 0 Å². The van der Waals surface area contributed by atoms with Gasteiger partial charge in [-0.1, -0.05) is 12.8 Å². The first-order valence-corrected chi connectivity index (χ1v) is 14.7. The predicted octanol–water partition coefficient (Wildman–Crippen LogP) is 7.29. The Balaban J connectivity index is 0.000000136. The van der Waals surface area contributed by atoms with Crippen molar-refractivity contribution in [2.24, 2.45) is 23.7 Å². The van der Waals surface area contributed by atoms with Gasteiger partial charge in [0.1, 0.15) is 0 Å². The van der Waals surface area contributed by atoms with Gasteiger partial charge in [0.15, 0.2) is 0 Å².